The first-order chi connectivity index (χ1) is 15.8. The van der Waals surface area contributed by atoms with Gasteiger partial charge < -0.3 is 10.6 Å². The number of nitrogens with one attached hydrogen (secondary N) is 2. The standard InChI is InChI=1S/C23H22N6O3S/c1-14-7-8-19(15(2)11-14)33-22-21-27-29(23(32)28(21)10-9-24-22)13-20(31)26-18-6-4-5-17(12-18)25-16(3)30/h4-12H,13H2,1-3H3,(H,25,30)(H,26,31). The van der Waals surface area contributed by atoms with Gasteiger partial charge in [0.2, 0.25) is 11.8 Å². The molecule has 0 radical (unpaired) electrons. The van der Waals surface area contributed by atoms with Gasteiger partial charge in [-0.1, -0.05) is 35.5 Å². The highest BCUT2D eigenvalue weighted by Crippen LogP contribution is 2.31. The van der Waals surface area contributed by atoms with Gasteiger partial charge in [-0.3, -0.25) is 9.59 Å². The second-order valence-electron chi connectivity index (χ2n) is 7.55. The van der Waals surface area contributed by atoms with Gasteiger partial charge in [0.15, 0.2) is 5.65 Å². The van der Waals surface area contributed by atoms with Crippen LogP contribution in [0.2, 0.25) is 0 Å². The first kappa shape index (κ1) is 22.3. The summed E-state index contributed by atoms with van der Waals surface area (Å²) in [5, 5.41) is 10.3. The lowest BCUT2D eigenvalue weighted by atomic mass is 10.2. The van der Waals surface area contributed by atoms with Crippen molar-refractivity contribution in [2.24, 2.45) is 0 Å². The summed E-state index contributed by atoms with van der Waals surface area (Å²) in [6, 6.07) is 12.9. The zero-order valence-corrected chi connectivity index (χ0v) is 19.1. The molecule has 0 aliphatic rings. The molecule has 2 aromatic carbocycles. The van der Waals surface area contributed by atoms with Gasteiger partial charge in [0.25, 0.3) is 0 Å². The van der Waals surface area contributed by atoms with Crippen LogP contribution in [0, 0.1) is 13.8 Å². The number of hydrogen-bond acceptors (Lipinski definition) is 6. The van der Waals surface area contributed by atoms with Crippen molar-refractivity contribution in [1.82, 2.24) is 19.2 Å². The van der Waals surface area contributed by atoms with Crippen molar-refractivity contribution in [2.75, 3.05) is 10.6 Å². The second-order valence-corrected chi connectivity index (χ2v) is 8.58. The molecule has 10 heteroatoms. The molecular formula is C23H22N6O3S. The number of anilines is 2. The highest BCUT2D eigenvalue weighted by Gasteiger charge is 2.16. The average molecular weight is 463 g/mol. The molecule has 0 unspecified atom stereocenters. The first-order valence-corrected chi connectivity index (χ1v) is 11.0. The third-order valence-electron chi connectivity index (χ3n) is 4.77. The first-order valence-electron chi connectivity index (χ1n) is 10.2. The number of rotatable bonds is 6. The summed E-state index contributed by atoms with van der Waals surface area (Å²) in [5.41, 5.74) is 3.27. The molecule has 0 spiro atoms. The number of amides is 2. The van der Waals surface area contributed by atoms with Gasteiger partial charge >= 0.3 is 5.69 Å². The van der Waals surface area contributed by atoms with Gasteiger partial charge in [-0.15, -0.1) is 5.10 Å². The maximum atomic E-state index is 12.8. The van der Waals surface area contributed by atoms with E-state index in [1.54, 1.807) is 30.5 Å². The zero-order chi connectivity index (χ0) is 23.5. The summed E-state index contributed by atoms with van der Waals surface area (Å²) in [6.07, 6.45) is 3.07. The minimum absolute atomic E-state index is 0.210. The smallest absolute Gasteiger partial charge is 0.326 e. The normalized spacial score (nSPS) is 10.9. The fourth-order valence-electron chi connectivity index (χ4n) is 3.33. The molecule has 168 valence electrons. The lowest BCUT2D eigenvalue weighted by Crippen LogP contribution is -2.28. The van der Waals surface area contributed by atoms with Crippen LogP contribution in [0.5, 0.6) is 0 Å². The van der Waals surface area contributed by atoms with E-state index >= 15 is 0 Å². The fraction of sp³-hybridized carbons (Fsp3) is 0.174. The van der Waals surface area contributed by atoms with Crippen molar-refractivity contribution < 1.29 is 9.59 Å². The molecule has 2 amide bonds. The Hall–Kier alpha value is -3.92. The van der Waals surface area contributed by atoms with Gasteiger partial charge in [-0.25, -0.2) is 18.9 Å². The Balaban J connectivity index is 1.56. The predicted molar refractivity (Wildman–Crippen MR) is 127 cm³/mol. The molecule has 0 fully saturated rings. The molecule has 0 aliphatic carbocycles. The van der Waals surface area contributed by atoms with Gasteiger partial charge in [-0.2, -0.15) is 0 Å². The van der Waals surface area contributed by atoms with Crippen LogP contribution in [-0.2, 0) is 16.1 Å². The Morgan fingerprint density at radius 3 is 2.55 bits per heavy atom. The van der Waals surface area contributed by atoms with Crippen molar-refractivity contribution in [3.63, 3.8) is 0 Å². The summed E-state index contributed by atoms with van der Waals surface area (Å²) < 4.78 is 2.49. The summed E-state index contributed by atoms with van der Waals surface area (Å²) >= 11 is 1.42. The second kappa shape index (κ2) is 9.29. The largest absolute Gasteiger partial charge is 0.350 e. The number of carbonyl (C=O) groups excluding carboxylic acids is 2. The fourth-order valence-corrected chi connectivity index (χ4v) is 4.24. The van der Waals surface area contributed by atoms with Crippen molar-refractivity contribution >= 4 is 40.6 Å². The quantitative estimate of drug-likeness (QED) is 0.455. The van der Waals surface area contributed by atoms with Crippen molar-refractivity contribution in [3.8, 4) is 0 Å². The number of benzene rings is 2. The van der Waals surface area contributed by atoms with Crippen LogP contribution in [0.3, 0.4) is 0 Å². The van der Waals surface area contributed by atoms with E-state index in [9.17, 15) is 14.4 Å². The number of nitrogens with zero attached hydrogens (tertiary/aromatic N) is 4. The van der Waals surface area contributed by atoms with E-state index in [1.165, 1.54) is 29.3 Å². The Bertz CT molecular complexity index is 1430. The summed E-state index contributed by atoms with van der Waals surface area (Å²) in [7, 11) is 0. The van der Waals surface area contributed by atoms with Crippen LogP contribution >= 0.6 is 11.8 Å². The SMILES string of the molecule is CC(=O)Nc1cccc(NC(=O)Cn2nc3c(Sc4ccc(C)cc4C)nccn3c2=O)c1. The van der Waals surface area contributed by atoms with Crippen LogP contribution in [0.1, 0.15) is 18.1 Å². The molecule has 0 bridgehead atoms. The molecule has 2 aromatic heterocycles. The predicted octanol–water partition coefficient (Wildman–Crippen LogP) is 3.26. The molecule has 33 heavy (non-hydrogen) atoms. The van der Waals surface area contributed by atoms with Crippen LogP contribution in [-0.4, -0.2) is 31.0 Å². The van der Waals surface area contributed by atoms with Gasteiger partial charge in [0.1, 0.15) is 11.6 Å². The maximum absolute atomic E-state index is 12.8. The number of aromatic nitrogens is 4. The molecule has 4 rings (SSSR count). The van der Waals surface area contributed by atoms with Crippen LogP contribution in [0.15, 0.2) is 69.6 Å². The average Bonchev–Trinajstić information content (AvgIpc) is 3.06. The zero-order valence-electron chi connectivity index (χ0n) is 18.3. The van der Waals surface area contributed by atoms with Gasteiger partial charge in [-0.05, 0) is 43.7 Å². The van der Waals surface area contributed by atoms with E-state index < -0.39 is 11.6 Å². The molecule has 9 nitrogen and oxygen atoms in total. The minimum atomic E-state index is -0.433. The Morgan fingerprint density at radius 2 is 1.82 bits per heavy atom. The minimum Gasteiger partial charge on any atom is -0.326 e. The molecule has 4 aromatic rings. The highest BCUT2D eigenvalue weighted by atomic mass is 32.2. The Labute approximate surface area is 193 Å². The van der Waals surface area contributed by atoms with E-state index in [0.717, 1.165) is 20.7 Å². The number of hydrogen-bond donors (Lipinski definition) is 2. The van der Waals surface area contributed by atoms with Gasteiger partial charge in [0.05, 0.1) is 0 Å². The van der Waals surface area contributed by atoms with Crippen LogP contribution in [0.4, 0.5) is 11.4 Å². The Morgan fingerprint density at radius 1 is 1.06 bits per heavy atom. The van der Waals surface area contributed by atoms with E-state index in [4.69, 9.17) is 0 Å². The third-order valence-corrected chi connectivity index (χ3v) is 5.93. The summed E-state index contributed by atoms with van der Waals surface area (Å²) in [4.78, 5) is 42.0. The Kier molecular flexibility index (Phi) is 6.27. The van der Waals surface area contributed by atoms with Crippen molar-refractivity contribution in [1.29, 1.82) is 0 Å². The lowest BCUT2D eigenvalue weighted by Gasteiger charge is -2.07. The van der Waals surface area contributed by atoms with Crippen molar-refractivity contribution in [3.05, 3.63) is 76.5 Å². The van der Waals surface area contributed by atoms with Crippen molar-refractivity contribution in [2.45, 2.75) is 37.2 Å². The van der Waals surface area contributed by atoms with E-state index in [0.29, 0.717) is 22.0 Å². The molecule has 2 N–H and O–H groups in total. The van der Waals surface area contributed by atoms with Crippen LogP contribution in [0.25, 0.3) is 5.65 Å². The summed E-state index contributed by atoms with van der Waals surface area (Å²) in [5.74, 6) is -0.630. The number of fused-ring (bicyclic) bond motifs is 1. The van der Waals surface area contributed by atoms with E-state index in [2.05, 4.69) is 26.8 Å². The van der Waals surface area contributed by atoms with Gasteiger partial charge in [0, 0.05) is 35.6 Å². The monoisotopic (exact) mass is 462 g/mol. The molecular weight excluding hydrogens is 440 g/mol. The molecule has 0 saturated carbocycles. The molecule has 0 atom stereocenters. The highest BCUT2D eigenvalue weighted by molar-refractivity contribution is 7.99. The number of aryl methyl sites for hydroxylation is 2. The van der Waals surface area contributed by atoms with E-state index in [-0.39, 0.29) is 12.5 Å². The van der Waals surface area contributed by atoms with E-state index in [1.807, 2.05) is 26.0 Å². The molecule has 0 saturated heterocycles. The topological polar surface area (TPSA) is 110 Å². The lowest BCUT2D eigenvalue weighted by molar-refractivity contribution is -0.117. The van der Waals surface area contributed by atoms with Crippen LogP contribution < -0.4 is 16.3 Å². The number of carbonyl (C=O) groups is 2. The summed E-state index contributed by atoms with van der Waals surface area (Å²) in [6.45, 7) is 5.19. The molecule has 0 aliphatic heterocycles. The maximum Gasteiger partial charge on any atom is 0.350 e. The third kappa shape index (κ3) is 5.12. The molecule has 2 heterocycles.